The molecule has 0 atom stereocenters. The number of hydrogen-bond acceptors (Lipinski definition) is 6. The number of fused-ring (bicyclic) bond motifs is 1. The number of hydrogen-bond donors (Lipinski definition) is 0. The number of thioether (sulfide) groups is 1. The first kappa shape index (κ1) is 23.4. The number of nitrogens with zero attached hydrogens (tertiary/aromatic N) is 3. The molecule has 180 valence electrons. The van der Waals surface area contributed by atoms with E-state index in [0.29, 0.717) is 24.6 Å². The predicted octanol–water partition coefficient (Wildman–Crippen LogP) is 5.74. The van der Waals surface area contributed by atoms with Crippen LogP contribution in [0.1, 0.15) is 60.3 Å². The molecule has 0 bridgehead atoms. The van der Waals surface area contributed by atoms with Gasteiger partial charge in [-0.1, -0.05) is 42.8 Å². The van der Waals surface area contributed by atoms with Gasteiger partial charge in [0.1, 0.15) is 9.92 Å². The van der Waals surface area contributed by atoms with Crippen LogP contribution in [-0.4, -0.2) is 52.8 Å². The molecule has 1 aromatic carbocycles. The fraction of sp³-hybridized carbons (Fsp3) is 0.500. The maximum atomic E-state index is 13.5. The van der Waals surface area contributed by atoms with E-state index < -0.39 is 0 Å². The summed E-state index contributed by atoms with van der Waals surface area (Å²) in [6.45, 7) is 4.95. The number of thiazole rings is 1. The highest BCUT2D eigenvalue weighted by Crippen LogP contribution is 2.34. The van der Waals surface area contributed by atoms with E-state index in [4.69, 9.17) is 4.42 Å². The maximum Gasteiger partial charge on any atom is 0.289 e. The summed E-state index contributed by atoms with van der Waals surface area (Å²) in [5, 5.41) is 3.02. The molecule has 0 spiro atoms. The lowest BCUT2D eigenvalue weighted by molar-refractivity contribution is -0.136. The van der Waals surface area contributed by atoms with Crippen LogP contribution in [0, 0.1) is 12.8 Å². The van der Waals surface area contributed by atoms with Gasteiger partial charge in [0.2, 0.25) is 5.91 Å². The van der Waals surface area contributed by atoms with Gasteiger partial charge in [-0.05, 0) is 38.7 Å². The van der Waals surface area contributed by atoms with Gasteiger partial charge in [0.05, 0.1) is 0 Å². The number of aromatic nitrogens is 1. The number of carbonyl (C=O) groups excluding carboxylic acids is 2. The first-order chi connectivity index (χ1) is 16.6. The third-order valence-corrected chi connectivity index (χ3v) is 9.04. The fourth-order valence-electron chi connectivity index (χ4n) is 4.97. The van der Waals surface area contributed by atoms with Crippen LogP contribution in [0.4, 0.5) is 0 Å². The summed E-state index contributed by atoms with van der Waals surface area (Å²) in [6, 6.07) is 7.85. The Kier molecular flexibility index (Phi) is 7.25. The first-order valence-corrected chi connectivity index (χ1v) is 14.1. The Morgan fingerprint density at radius 1 is 1.06 bits per heavy atom. The van der Waals surface area contributed by atoms with E-state index in [-0.39, 0.29) is 17.7 Å². The molecule has 0 saturated carbocycles. The molecule has 0 aliphatic carbocycles. The van der Waals surface area contributed by atoms with E-state index in [1.807, 2.05) is 41.5 Å². The molecular formula is C26H31N3O3S2. The van der Waals surface area contributed by atoms with Gasteiger partial charge >= 0.3 is 0 Å². The van der Waals surface area contributed by atoms with E-state index in [1.54, 1.807) is 23.1 Å². The number of para-hydroxylation sites is 1. The van der Waals surface area contributed by atoms with Gasteiger partial charge < -0.3 is 14.2 Å². The van der Waals surface area contributed by atoms with Crippen molar-refractivity contribution in [3.8, 4) is 0 Å². The second kappa shape index (κ2) is 10.5. The quantitative estimate of drug-likeness (QED) is 0.420. The zero-order chi connectivity index (χ0) is 23.5. The molecule has 0 N–H and O–H groups in total. The van der Waals surface area contributed by atoms with Gasteiger partial charge in [0.25, 0.3) is 5.91 Å². The molecule has 2 saturated heterocycles. The molecule has 2 amide bonds. The van der Waals surface area contributed by atoms with Crippen molar-refractivity contribution < 1.29 is 14.0 Å². The molecule has 2 aliphatic rings. The smallest absolute Gasteiger partial charge is 0.289 e. The largest absolute Gasteiger partial charge is 0.451 e. The monoisotopic (exact) mass is 497 g/mol. The van der Waals surface area contributed by atoms with Gasteiger partial charge in [0.15, 0.2) is 5.76 Å². The second-order valence-corrected chi connectivity index (χ2v) is 11.3. The first-order valence-electron chi connectivity index (χ1n) is 12.2. The molecule has 8 heteroatoms. The molecule has 2 aliphatic heterocycles. The maximum absolute atomic E-state index is 13.5. The van der Waals surface area contributed by atoms with E-state index in [2.05, 4.69) is 9.88 Å². The number of piperidine rings is 1. The zero-order valence-electron chi connectivity index (χ0n) is 19.6. The predicted molar refractivity (Wildman–Crippen MR) is 136 cm³/mol. The number of carbonyl (C=O) groups is 2. The van der Waals surface area contributed by atoms with Crippen molar-refractivity contribution in [2.75, 3.05) is 26.2 Å². The van der Waals surface area contributed by atoms with Crippen LogP contribution in [0.15, 0.2) is 38.4 Å². The number of likely N-dealkylation sites (tertiary alicyclic amines) is 2. The minimum absolute atomic E-state index is 0.0287. The van der Waals surface area contributed by atoms with Gasteiger partial charge in [-0.25, -0.2) is 4.98 Å². The Labute approximate surface area is 208 Å². The SMILES string of the molecule is Cc1csc(SCc2c(C(=O)N3CCC(C(=O)N4CCCCCC4)CC3)oc3ccccc23)n1. The van der Waals surface area contributed by atoms with E-state index >= 15 is 0 Å². The van der Waals surface area contributed by atoms with Gasteiger partial charge in [-0.3, -0.25) is 9.59 Å². The Hall–Kier alpha value is -2.32. The van der Waals surface area contributed by atoms with Crippen LogP contribution in [0.5, 0.6) is 0 Å². The van der Waals surface area contributed by atoms with Crippen LogP contribution in [-0.2, 0) is 10.5 Å². The standard InChI is InChI=1S/C26H31N3O3S2/c1-18-16-33-26(27-18)34-17-21-20-8-4-5-9-22(20)32-23(21)25(31)29-14-10-19(11-15-29)24(30)28-12-6-2-3-7-13-28/h4-5,8-9,16,19H,2-3,6-7,10-15,17H2,1H3. The van der Waals surface area contributed by atoms with Crippen molar-refractivity contribution in [3.63, 3.8) is 0 Å². The Balaban J connectivity index is 1.28. The lowest BCUT2D eigenvalue weighted by Gasteiger charge is -2.33. The number of amides is 2. The summed E-state index contributed by atoms with van der Waals surface area (Å²) in [7, 11) is 0. The van der Waals surface area contributed by atoms with Crippen molar-refractivity contribution in [1.82, 2.24) is 14.8 Å². The average molecular weight is 498 g/mol. The molecule has 0 radical (unpaired) electrons. The van der Waals surface area contributed by atoms with Crippen molar-refractivity contribution in [2.24, 2.45) is 5.92 Å². The van der Waals surface area contributed by atoms with E-state index in [0.717, 1.165) is 65.3 Å². The van der Waals surface area contributed by atoms with Crippen molar-refractivity contribution >= 4 is 45.9 Å². The highest BCUT2D eigenvalue weighted by atomic mass is 32.2. The normalized spacial score (nSPS) is 17.8. The molecule has 3 aromatic rings. The molecule has 2 aromatic heterocycles. The summed E-state index contributed by atoms with van der Waals surface area (Å²) in [5.41, 5.74) is 2.68. The van der Waals surface area contributed by atoms with Crippen LogP contribution >= 0.6 is 23.1 Å². The van der Waals surface area contributed by atoms with E-state index in [1.165, 1.54) is 12.8 Å². The summed E-state index contributed by atoms with van der Waals surface area (Å²) in [5.74, 6) is 1.31. The van der Waals surface area contributed by atoms with Crippen LogP contribution in [0.3, 0.4) is 0 Å². The highest BCUT2D eigenvalue weighted by Gasteiger charge is 2.33. The van der Waals surface area contributed by atoms with Crippen LogP contribution in [0.2, 0.25) is 0 Å². The molecule has 34 heavy (non-hydrogen) atoms. The lowest BCUT2D eigenvalue weighted by Crippen LogP contribution is -2.44. The molecule has 2 fully saturated rings. The lowest BCUT2D eigenvalue weighted by atomic mass is 9.94. The van der Waals surface area contributed by atoms with Crippen molar-refractivity contribution in [1.29, 1.82) is 0 Å². The number of rotatable bonds is 5. The van der Waals surface area contributed by atoms with Crippen molar-refractivity contribution in [2.45, 2.75) is 55.5 Å². The van der Waals surface area contributed by atoms with Crippen molar-refractivity contribution in [3.05, 3.63) is 46.7 Å². The summed E-state index contributed by atoms with van der Waals surface area (Å²) >= 11 is 3.27. The Bertz CT molecular complexity index is 1160. The van der Waals surface area contributed by atoms with Crippen LogP contribution in [0.25, 0.3) is 11.0 Å². The Morgan fingerprint density at radius 3 is 2.50 bits per heavy atom. The molecule has 6 nitrogen and oxygen atoms in total. The number of furan rings is 1. The van der Waals surface area contributed by atoms with Gasteiger partial charge in [-0.2, -0.15) is 0 Å². The topological polar surface area (TPSA) is 66.7 Å². The van der Waals surface area contributed by atoms with Gasteiger partial charge in [-0.15, -0.1) is 11.3 Å². The fourth-order valence-corrected chi connectivity index (χ4v) is 6.85. The number of aryl methyl sites for hydroxylation is 1. The molecule has 4 heterocycles. The highest BCUT2D eigenvalue weighted by molar-refractivity contribution is 8.00. The third kappa shape index (κ3) is 5.03. The minimum atomic E-state index is -0.0669. The molecule has 0 unspecified atom stereocenters. The zero-order valence-corrected chi connectivity index (χ0v) is 21.3. The third-order valence-electron chi connectivity index (χ3n) is 6.88. The van der Waals surface area contributed by atoms with E-state index in [9.17, 15) is 9.59 Å². The number of benzene rings is 1. The molecule has 5 rings (SSSR count). The second-order valence-electron chi connectivity index (χ2n) is 9.26. The average Bonchev–Trinajstić information content (AvgIpc) is 3.33. The summed E-state index contributed by atoms with van der Waals surface area (Å²) in [4.78, 5) is 35.1. The Morgan fingerprint density at radius 2 is 1.79 bits per heavy atom. The summed E-state index contributed by atoms with van der Waals surface area (Å²) in [6.07, 6.45) is 6.11. The minimum Gasteiger partial charge on any atom is -0.451 e. The van der Waals surface area contributed by atoms with Gasteiger partial charge in [0, 0.05) is 59.9 Å². The van der Waals surface area contributed by atoms with Crippen LogP contribution < -0.4 is 0 Å². The molecular weight excluding hydrogens is 466 g/mol. The summed E-state index contributed by atoms with van der Waals surface area (Å²) < 4.78 is 7.09.